The van der Waals surface area contributed by atoms with E-state index in [1.165, 1.54) is 11.1 Å². The van der Waals surface area contributed by atoms with Crippen LogP contribution < -0.4 is 10.5 Å². The Bertz CT molecular complexity index is 324. The summed E-state index contributed by atoms with van der Waals surface area (Å²) in [6.45, 7) is 4.30. The fourth-order valence-corrected chi connectivity index (χ4v) is 1.72. The zero-order chi connectivity index (χ0) is 12.0. The molecular weight excluding hydrogens is 200 g/mol. The molecule has 0 atom stereocenters. The molecule has 0 aliphatic rings. The van der Waals surface area contributed by atoms with Gasteiger partial charge in [-0.2, -0.15) is 0 Å². The van der Waals surface area contributed by atoms with Crippen LogP contribution in [0, 0.1) is 0 Å². The molecule has 1 rings (SSSR count). The average molecular weight is 222 g/mol. The van der Waals surface area contributed by atoms with Crippen LogP contribution in [0.15, 0.2) is 18.2 Å². The van der Waals surface area contributed by atoms with E-state index in [1.807, 2.05) is 13.0 Å². The molecule has 0 aromatic heterocycles. The molecule has 0 heterocycles. The van der Waals surface area contributed by atoms with Gasteiger partial charge in [-0.25, -0.2) is 0 Å². The number of rotatable bonds is 6. The first-order chi connectivity index (χ1) is 7.67. The van der Waals surface area contributed by atoms with Crippen molar-refractivity contribution in [2.45, 2.75) is 19.9 Å². The Balaban J connectivity index is 2.91. The fourth-order valence-electron chi connectivity index (χ4n) is 1.72. The van der Waals surface area contributed by atoms with Gasteiger partial charge in [0.25, 0.3) is 0 Å². The molecular formula is C13H22N2O. The standard InChI is InChI=1S/C13H22N2O/c1-4-16-13-6-5-11(7-8-14)9-12(13)10-15(2)3/h5-6,9H,4,7-8,10,14H2,1-3H3. The summed E-state index contributed by atoms with van der Waals surface area (Å²) in [4.78, 5) is 2.14. The topological polar surface area (TPSA) is 38.5 Å². The summed E-state index contributed by atoms with van der Waals surface area (Å²) in [6, 6.07) is 6.34. The van der Waals surface area contributed by atoms with Crippen molar-refractivity contribution in [2.75, 3.05) is 27.2 Å². The second kappa shape index (κ2) is 6.51. The lowest BCUT2D eigenvalue weighted by molar-refractivity contribution is 0.325. The zero-order valence-electron chi connectivity index (χ0n) is 10.5. The van der Waals surface area contributed by atoms with Crippen molar-refractivity contribution in [3.8, 4) is 5.75 Å². The third-order valence-corrected chi connectivity index (χ3v) is 2.34. The Morgan fingerprint density at radius 1 is 1.31 bits per heavy atom. The molecule has 0 saturated heterocycles. The summed E-state index contributed by atoms with van der Waals surface area (Å²) in [5.74, 6) is 0.983. The molecule has 0 fully saturated rings. The SMILES string of the molecule is CCOc1ccc(CCN)cc1CN(C)C. The highest BCUT2D eigenvalue weighted by molar-refractivity contribution is 5.37. The third kappa shape index (κ3) is 3.83. The van der Waals surface area contributed by atoms with E-state index in [4.69, 9.17) is 10.5 Å². The molecule has 90 valence electrons. The summed E-state index contributed by atoms with van der Waals surface area (Å²) < 4.78 is 5.61. The molecule has 16 heavy (non-hydrogen) atoms. The predicted molar refractivity (Wildman–Crippen MR) is 67.8 cm³/mol. The minimum absolute atomic E-state index is 0.690. The van der Waals surface area contributed by atoms with Gasteiger partial charge in [-0.3, -0.25) is 0 Å². The smallest absolute Gasteiger partial charge is 0.123 e. The fraction of sp³-hybridized carbons (Fsp3) is 0.538. The molecule has 0 aliphatic heterocycles. The number of hydrogen-bond donors (Lipinski definition) is 1. The van der Waals surface area contributed by atoms with E-state index in [0.717, 1.165) is 18.7 Å². The highest BCUT2D eigenvalue weighted by Crippen LogP contribution is 2.21. The molecule has 0 bridgehead atoms. The van der Waals surface area contributed by atoms with Gasteiger partial charge < -0.3 is 15.4 Å². The lowest BCUT2D eigenvalue weighted by Crippen LogP contribution is -2.12. The molecule has 0 unspecified atom stereocenters. The van der Waals surface area contributed by atoms with Crippen LogP contribution in [-0.4, -0.2) is 32.1 Å². The van der Waals surface area contributed by atoms with Crippen LogP contribution in [0.2, 0.25) is 0 Å². The highest BCUT2D eigenvalue weighted by Gasteiger charge is 2.05. The molecule has 3 nitrogen and oxygen atoms in total. The van der Waals surface area contributed by atoms with Crippen molar-refractivity contribution in [1.29, 1.82) is 0 Å². The van der Waals surface area contributed by atoms with E-state index < -0.39 is 0 Å². The van der Waals surface area contributed by atoms with Crippen molar-refractivity contribution in [1.82, 2.24) is 4.90 Å². The Morgan fingerprint density at radius 2 is 2.06 bits per heavy atom. The van der Waals surface area contributed by atoms with Gasteiger partial charge in [0.15, 0.2) is 0 Å². The van der Waals surface area contributed by atoms with Gasteiger partial charge in [-0.05, 0) is 45.6 Å². The second-order valence-corrected chi connectivity index (χ2v) is 4.15. The minimum atomic E-state index is 0.690. The van der Waals surface area contributed by atoms with Gasteiger partial charge in [-0.1, -0.05) is 12.1 Å². The normalized spacial score (nSPS) is 10.8. The van der Waals surface area contributed by atoms with Gasteiger partial charge in [-0.15, -0.1) is 0 Å². The van der Waals surface area contributed by atoms with Crippen LogP contribution >= 0.6 is 0 Å². The van der Waals surface area contributed by atoms with E-state index in [2.05, 4.69) is 31.1 Å². The molecule has 0 spiro atoms. The molecule has 0 saturated carbocycles. The Kier molecular flexibility index (Phi) is 5.29. The number of nitrogens with zero attached hydrogens (tertiary/aromatic N) is 1. The quantitative estimate of drug-likeness (QED) is 0.795. The number of ether oxygens (including phenoxy) is 1. The van der Waals surface area contributed by atoms with Gasteiger partial charge in [0.05, 0.1) is 6.61 Å². The van der Waals surface area contributed by atoms with E-state index in [1.54, 1.807) is 0 Å². The van der Waals surface area contributed by atoms with E-state index >= 15 is 0 Å². The van der Waals surface area contributed by atoms with Crippen molar-refractivity contribution < 1.29 is 4.74 Å². The van der Waals surface area contributed by atoms with Crippen molar-refractivity contribution >= 4 is 0 Å². The minimum Gasteiger partial charge on any atom is -0.494 e. The molecule has 0 radical (unpaired) electrons. The lowest BCUT2D eigenvalue weighted by atomic mass is 10.1. The van der Waals surface area contributed by atoms with E-state index in [0.29, 0.717) is 13.2 Å². The van der Waals surface area contributed by atoms with Crippen LogP contribution in [-0.2, 0) is 13.0 Å². The maximum atomic E-state index is 5.61. The first kappa shape index (κ1) is 13.0. The first-order valence-corrected chi connectivity index (χ1v) is 5.76. The van der Waals surface area contributed by atoms with Crippen molar-refractivity contribution in [3.63, 3.8) is 0 Å². The summed E-state index contributed by atoms with van der Waals surface area (Å²) in [7, 11) is 4.12. The van der Waals surface area contributed by atoms with Crippen LogP contribution in [0.4, 0.5) is 0 Å². The maximum absolute atomic E-state index is 5.61. The summed E-state index contributed by atoms with van der Waals surface area (Å²) in [5.41, 5.74) is 8.08. The molecule has 1 aromatic carbocycles. The predicted octanol–water partition coefficient (Wildman–Crippen LogP) is 1.65. The van der Waals surface area contributed by atoms with E-state index in [9.17, 15) is 0 Å². The number of benzene rings is 1. The second-order valence-electron chi connectivity index (χ2n) is 4.15. The average Bonchev–Trinajstić information content (AvgIpc) is 2.22. The van der Waals surface area contributed by atoms with Crippen molar-refractivity contribution in [3.05, 3.63) is 29.3 Å². The molecule has 1 aromatic rings. The Labute approximate surface area is 98.2 Å². The monoisotopic (exact) mass is 222 g/mol. The van der Waals surface area contributed by atoms with Crippen LogP contribution in [0.3, 0.4) is 0 Å². The van der Waals surface area contributed by atoms with Crippen LogP contribution in [0.1, 0.15) is 18.1 Å². The summed E-state index contributed by atoms with van der Waals surface area (Å²) in [6.07, 6.45) is 0.923. The molecule has 2 N–H and O–H groups in total. The zero-order valence-corrected chi connectivity index (χ0v) is 10.5. The largest absolute Gasteiger partial charge is 0.494 e. The van der Waals surface area contributed by atoms with E-state index in [-0.39, 0.29) is 0 Å². The maximum Gasteiger partial charge on any atom is 0.123 e. The molecule has 0 aliphatic carbocycles. The van der Waals surface area contributed by atoms with Crippen LogP contribution in [0.5, 0.6) is 5.75 Å². The van der Waals surface area contributed by atoms with Gasteiger partial charge >= 0.3 is 0 Å². The number of hydrogen-bond acceptors (Lipinski definition) is 3. The third-order valence-electron chi connectivity index (χ3n) is 2.34. The molecule has 0 amide bonds. The van der Waals surface area contributed by atoms with Crippen LogP contribution in [0.25, 0.3) is 0 Å². The number of nitrogens with two attached hydrogens (primary N) is 1. The Hall–Kier alpha value is -1.06. The lowest BCUT2D eigenvalue weighted by Gasteiger charge is -2.15. The van der Waals surface area contributed by atoms with Gasteiger partial charge in [0, 0.05) is 12.1 Å². The Morgan fingerprint density at radius 3 is 2.62 bits per heavy atom. The summed E-state index contributed by atoms with van der Waals surface area (Å²) >= 11 is 0. The summed E-state index contributed by atoms with van der Waals surface area (Å²) in [5, 5.41) is 0. The van der Waals surface area contributed by atoms with Gasteiger partial charge in [0.1, 0.15) is 5.75 Å². The molecule has 3 heteroatoms. The first-order valence-electron chi connectivity index (χ1n) is 5.76. The highest BCUT2D eigenvalue weighted by atomic mass is 16.5. The van der Waals surface area contributed by atoms with Crippen molar-refractivity contribution in [2.24, 2.45) is 5.73 Å². The van der Waals surface area contributed by atoms with Gasteiger partial charge in [0.2, 0.25) is 0 Å².